The van der Waals surface area contributed by atoms with Gasteiger partial charge in [-0.05, 0) is 151 Å². The van der Waals surface area contributed by atoms with Gasteiger partial charge in [0.05, 0.1) is 5.69 Å². The molecule has 78 heavy (non-hydrogen) atoms. The summed E-state index contributed by atoms with van der Waals surface area (Å²) in [7, 11) is -3.01. The van der Waals surface area contributed by atoms with Gasteiger partial charge >= 0.3 is 14.2 Å². The van der Waals surface area contributed by atoms with Crippen molar-refractivity contribution in [2.75, 3.05) is 9.80 Å². The standard InChI is InChI=1S/C36H28BNO2.C34H26BNO2/c39-37(40)33-18-24-36(25-19-33)38(34-20-14-29(15-21-34)27-8-3-1-4-9-27)35-22-16-30(17-23-35)32-13-7-12-31(26-32)28-10-5-2-6-11-28;37-35(38)30-18-20-31(21-19-30)36(34-17-9-15-27-14-7-8-16-33(27)34)32-23-28(25-10-3-1-4-11-25)22-29(24-32)26-12-5-2-6-13-26/h1-26,39-40H;1-24,37-38H. The summed E-state index contributed by atoms with van der Waals surface area (Å²) in [4.78, 5) is 4.42. The predicted octanol–water partition coefficient (Wildman–Crippen LogP) is 15.2. The van der Waals surface area contributed by atoms with Crippen molar-refractivity contribution in [3.05, 3.63) is 303 Å². The van der Waals surface area contributed by atoms with Crippen molar-refractivity contribution in [2.45, 2.75) is 0 Å². The zero-order chi connectivity index (χ0) is 53.2. The van der Waals surface area contributed by atoms with Gasteiger partial charge in [0.15, 0.2) is 0 Å². The lowest BCUT2D eigenvalue weighted by Gasteiger charge is -2.28. The molecule has 0 spiro atoms. The molecule has 0 saturated heterocycles. The fourth-order valence-electron chi connectivity index (χ4n) is 9.95. The van der Waals surface area contributed by atoms with Crippen LogP contribution in [0.2, 0.25) is 0 Å². The highest BCUT2D eigenvalue weighted by Crippen LogP contribution is 2.43. The number of anilines is 6. The first-order valence-corrected chi connectivity index (χ1v) is 26.0. The van der Waals surface area contributed by atoms with Crippen molar-refractivity contribution >= 4 is 70.1 Å². The smallest absolute Gasteiger partial charge is 0.423 e. The summed E-state index contributed by atoms with van der Waals surface area (Å²) in [6, 6.07) is 103. The van der Waals surface area contributed by atoms with Crippen LogP contribution in [0.4, 0.5) is 34.1 Å². The van der Waals surface area contributed by atoms with Gasteiger partial charge in [0.2, 0.25) is 0 Å². The molecule has 6 nitrogen and oxygen atoms in total. The molecule has 4 N–H and O–H groups in total. The molecule has 374 valence electrons. The lowest BCUT2D eigenvalue weighted by molar-refractivity contribution is 0.424. The first kappa shape index (κ1) is 50.6. The van der Waals surface area contributed by atoms with Crippen molar-refractivity contribution < 1.29 is 20.1 Å². The minimum atomic E-state index is -1.51. The van der Waals surface area contributed by atoms with Crippen LogP contribution >= 0.6 is 0 Å². The Bertz CT molecular complexity index is 3820. The molecule has 0 fully saturated rings. The molecule has 12 aromatic carbocycles. The zero-order valence-corrected chi connectivity index (χ0v) is 42.7. The van der Waals surface area contributed by atoms with E-state index in [1.807, 2.05) is 60.7 Å². The number of rotatable bonds is 13. The molecule has 0 radical (unpaired) electrons. The molecule has 0 unspecified atom stereocenters. The van der Waals surface area contributed by atoms with Crippen LogP contribution in [0.1, 0.15) is 0 Å². The normalized spacial score (nSPS) is 10.8. The van der Waals surface area contributed by atoms with E-state index in [0.717, 1.165) is 83.8 Å². The highest BCUT2D eigenvalue weighted by molar-refractivity contribution is 6.59. The highest BCUT2D eigenvalue weighted by Gasteiger charge is 2.20. The summed E-state index contributed by atoms with van der Waals surface area (Å²) in [5, 5.41) is 40.9. The Morgan fingerprint density at radius 3 is 0.974 bits per heavy atom. The Kier molecular flexibility index (Phi) is 15.3. The second-order valence-corrected chi connectivity index (χ2v) is 19.0. The summed E-state index contributed by atoms with van der Waals surface area (Å²) in [6.45, 7) is 0. The second kappa shape index (κ2) is 23.6. The van der Waals surface area contributed by atoms with Gasteiger partial charge in [-0.1, -0.05) is 224 Å². The van der Waals surface area contributed by atoms with Gasteiger partial charge in [0.25, 0.3) is 0 Å². The molecule has 0 bridgehead atoms. The van der Waals surface area contributed by atoms with Crippen molar-refractivity contribution in [3.63, 3.8) is 0 Å². The number of nitrogens with zero attached hydrogens (tertiary/aromatic N) is 2. The van der Waals surface area contributed by atoms with E-state index < -0.39 is 14.2 Å². The highest BCUT2D eigenvalue weighted by atomic mass is 16.4. The quantitative estimate of drug-likeness (QED) is 0.0861. The molecule has 0 aliphatic carbocycles. The van der Waals surface area contributed by atoms with E-state index in [1.165, 1.54) is 16.7 Å². The van der Waals surface area contributed by atoms with Crippen LogP contribution in [0.15, 0.2) is 303 Å². The van der Waals surface area contributed by atoms with Crippen molar-refractivity contribution in [1.82, 2.24) is 0 Å². The molecule has 0 heterocycles. The van der Waals surface area contributed by atoms with E-state index in [9.17, 15) is 20.1 Å². The minimum absolute atomic E-state index is 0.453. The summed E-state index contributed by atoms with van der Waals surface area (Å²) in [5.74, 6) is 0. The van der Waals surface area contributed by atoms with Gasteiger partial charge in [-0.3, -0.25) is 0 Å². The van der Waals surface area contributed by atoms with Crippen LogP contribution in [-0.4, -0.2) is 34.3 Å². The number of fused-ring (bicyclic) bond motifs is 1. The number of benzene rings is 12. The third-order valence-corrected chi connectivity index (χ3v) is 14.0. The summed E-state index contributed by atoms with van der Waals surface area (Å²) in [6.07, 6.45) is 0. The zero-order valence-electron chi connectivity index (χ0n) is 42.7. The number of hydrogen-bond acceptors (Lipinski definition) is 6. The van der Waals surface area contributed by atoms with E-state index in [4.69, 9.17) is 0 Å². The molecular formula is C70H54B2N2O4. The Morgan fingerprint density at radius 2 is 0.526 bits per heavy atom. The Balaban J connectivity index is 0.000000166. The molecule has 0 saturated carbocycles. The van der Waals surface area contributed by atoms with Gasteiger partial charge in [-0.25, -0.2) is 0 Å². The lowest BCUT2D eigenvalue weighted by Crippen LogP contribution is -2.29. The fraction of sp³-hybridized carbons (Fsp3) is 0. The molecule has 0 aliphatic heterocycles. The summed E-state index contributed by atoms with van der Waals surface area (Å²) in [5.41, 5.74) is 18.4. The molecule has 0 aliphatic rings. The first-order chi connectivity index (χ1) is 38.3. The van der Waals surface area contributed by atoms with Gasteiger partial charge < -0.3 is 29.9 Å². The first-order valence-electron chi connectivity index (χ1n) is 26.0. The Morgan fingerprint density at radius 1 is 0.218 bits per heavy atom. The van der Waals surface area contributed by atoms with Gasteiger partial charge in [0.1, 0.15) is 0 Å². The monoisotopic (exact) mass is 1010 g/mol. The summed E-state index contributed by atoms with van der Waals surface area (Å²) >= 11 is 0. The second-order valence-electron chi connectivity index (χ2n) is 19.0. The third-order valence-electron chi connectivity index (χ3n) is 14.0. The van der Waals surface area contributed by atoms with Crippen LogP contribution in [0, 0.1) is 0 Å². The Hall–Kier alpha value is -9.53. The molecule has 8 heteroatoms. The van der Waals surface area contributed by atoms with Crippen molar-refractivity contribution in [3.8, 4) is 55.6 Å². The Labute approximate surface area is 456 Å². The molecule has 0 atom stereocenters. The van der Waals surface area contributed by atoms with E-state index in [-0.39, 0.29) is 0 Å². The summed E-state index contributed by atoms with van der Waals surface area (Å²) < 4.78 is 0. The van der Waals surface area contributed by atoms with Crippen molar-refractivity contribution in [1.29, 1.82) is 0 Å². The molecular weight excluding hydrogens is 954 g/mol. The molecule has 12 aromatic rings. The number of hydrogen-bond donors (Lipinski definition) is 4. The minimum Gasteiger partial charge on any atom is -0.423 e. The maximum Gasteiger partial charge on any atom is 0.488 e. The van der Waals surface area contributed by atoms with E-state index in [2.05, 4.69) is 228 Å². The van der Waals surface area contributed by atoms with Gasteiger partial charge in [-0.15, -0.1) is 0 Å². The van der Waals surface area contributed by atoms with Crippen LogP contribution in [0.5, 0.6) is 0 Å². The van der Waals surface area contributed by atoms with Gasteiger partial charge in [-0.2, -0.15) is 0 Å². The van der Waals surface area contributed by atoms with Crippen LogP contribution < -0.4 is 20.7 Å². The SMILES string of the molecule is OB(O)c1ccc(N(c2cc(-c3ccccc3)cc(-c3ccccc3)c2)c2cccc3ccccc23)cc1.OB(O)c1ccc(N(c2ccc(-c3ccccc3)cc2)c2ccc(-c3cccc(-c4ccccc4)c3)cc2)cc1. The van der Waals surface area contributed by atoms with Crippen LogP contribution in [0.3, 0.4) is 0 Å². The van der Waals surface area contributed by atoms with Crippen LogP contribution in [-0.2, 0) is 0 Å². The fourth-order valence-corrected chi connectivity index (χ4v) is 9.95. The van der Waals surface area contributed by atoms with Gasteiger partial charge in [0, 0.05) is 33.8 Å². The van der Waals surface area contributed by atoms with Crippen LogP contribution in [0.25, 0.3) is 66.4 Å². The average molecular weight is 1010 g/mol. The topological polar surface area (TPSA) is 87.4 Å². The maximum absolute atomic E-state index is 9.70. The van der Waals surface area contributed by atoms with Crippen molar-refractivity contribution in [2.24, 2.45) is 0 Å². The maximum atomic E-state index is 9.70. The van der Waals surface area contributed by atoms with E-state index in [0.29, 0.717) is 10.9 Å². The lowest BCUT2D eigenvalue weighted by atomic mass is 9.80. The average Bonchev–Trinajstić information content (AvgIpc) is 3.55. The third kappa shape index (κ3) is 11.5. The predicted molar refractivity (Wildman–Crippen MR) is 327 cm³/mol. The largest absolute Gasteiger partial charge is 0.488 e. The molecule has 0 aromatic heterocycles. The van der Waals surface area contributed by atoms with E-state index >= 15 is 0 Å². The van der Waals surface area contributed by atoms with E-state index in [1.54, 1.807) is 24.3 Å². The molecule has 12 rings (SSSR count). The molecule has 0 amide bonds.